The lowest BCUT2D eigenvalue weighted by Crippen LogP contribution is -2.35. The molecule has 1 aromatic rings. The fourth-order valence-electron chi connectivity index (χ4n) is 3.65. The zero-order chi connectivity index (χ0) is 12.5. The van der Waals surface area contributed by atoms with Gasteiger partial charge in [-0.1, -0.05) is 24.4 Å². The fraction of sp³-hybridized carbons (Fsp3) is 0.600. The molecule has 0 spiro atoms. The molecule has 2 atom stereocenters. The first-order chi connectivity index (χ1) is 8.79. The lowest BCUT2D eigenvalue weighted by atomic mass is 9.85. The number of fused-ring (bicyclic) bond motifs is 1. The van der Waals surface area contributed by atoms with E-state index in [9.17, 15) is 0 Å². The van der Waals surface area contributed by atoms with Crippen molar-refractivity contribution in [1.29, 1.82) is 0 Å². The summed E-state index contributed by atoms with van der Waals surface area (Å²) in [4.78, 5) is 2.58. The van der Waals surface area contributed by atoms with Gasteiger partial charge in [-0.15, -0.1) is 11.6 Å². The van der Waals surface area contributed by atoms with Gasteiger partial charge in [-0.3, -0.25) is 0 Å². The Balaban J connectivity index is 1.90. The Morgan fingerprint density at radius 2 is 2.00 bits per heavy atom. The van der Waals surface area contributed by atoms with Crippen molar-refractivity contribution in [2.75, 3.05) is 11.4 Å². The first-order valence-electron chi connectivity index (χ1n) is 6.90. The van der Waals surface area contributed by atoms with Gasteiger partial charge in [0, 0.05) is 29.2 Å². The number of hydrogen-bond acceptors (Lipinski definition) is 1. The second-order valence-corrected chi connectivity index (χ2v) is 6.20. The Morgan fingerprint density at radius 1 is 1.17 bits per heavy atom. The van der Waals surface area contributed by atoms with Crippen molar-refractivity contribution in [3.63, 3.8) is 0 Å². The molecule has 0 amide bonds. The molecule has 1 heterocycles. The van der Waals surface area contributed by atoms with Crippen molar-refractivity contribution in [2.45, 2.75) is 44.0 Å². The van der Waals surface area contributed by atoms with Crippen LogP contribution in [-0.4, -0.2) is 12.6 Å². The summed E-state index contributed by atoms with van der Waals surface area (Å²) < 4.78 is 0. The molecule has 3 heteroatoms. The van der Waals surface area contributed by atoms with Crippen LogP contribution in [-0.2, 0) is 5.88 Å². The van der Waals surface area contributed by atoms with E-state index in [0.29, 0.717) is 5.88 Å². The monoisotopic (exact) mass is 283 g/mol. The van der Waals surface area contributed by atoms with Crippen molar-refractivity contribution in [3.05, 3.63) is 28.8 Å². The Morgan fingerprint density at radius 3 is 2.83 bits per heavy atom. The van der Waals surface area contributed by atoms with E-state index < -0.39 is 0 Å². The van der Waals surface area contributed by atoms with Crippen LogP contribution in [0.3, 0.4) is 0 Å². The third-order valence-electron chi connectivity index (χ3n) is 4.51. The Kier molecular flexibility index (Phi) is 3.72. The van der Waals surface area contributed by atoms with Gasteiger partial charge in [0.25, 0.3) is 0 Å². The second kappa shape index (κ2) is 5.30. The van der Waals surface area contributed by atoms with E-state index in [4.69, 9.17) is 23.2 Å². The summed E-state index contributed by atoms with van der Waals surface area (Å²) in [5.74, 6) is 1.45. The summed E-state index contributed by atoms with van der Waals surface area (Å²) in [6.45, 7) is 1.18. The molecule has 98 valence electrons. The summed E-state index contributed by atoms with van der Waals surface area (Å²) in [6.07, 6.45) is 6.88. The van der Waals surface area contributed by atoms with Crippen LogP contribution in [0, 0.1) is 5.92 Å². The molecule has 1 aromatic carbocycles. The molecule has 18 heavy (non-hydrogen) atoms. The number of benzene rings is 1. The number of alkyl halides is 1. The molecular weight excluding hydrogens is 265 g/mol. The number of rotatable bonds is 2. The first kappa shape index (κ1) is 12.6. The fourth-order valence-corrected chi connectivity index (χ4v) is 4.06. The molecule has 1 saturated heterocycles. The zero-order valence-corrected chi connectivity index (χ0v) is 12.1. The van der Waals surface area contributed by atoms with Crippen molar-refractivity contribution >= 4 is 28.9 Å². The average molecular weight is 284 g/mol. The minimum Gasteiger partial charge on any atom is -0.368 e. The minimum absolute atomic E-state index is 0.545. The number of anilines is 1. The van der Waals surface area contributed by atoms with Gasteiger partial charge >= 0.3 is 0 Å². The van der Waals surface area contributed by atoms with E-state index in [1.54, 1.807) is 0 Å². The van der Waals surface area contributed by atoms with Crippen LogP contribution in [0.5, 0.6) is 0 Å². The van der Waals surface area contributed by atoms with Crippen molar-refractivity contribution < 1.29 is 0 Å². The maximum Gasteiger partial charge on any atom is 0.0495 e. The molecule has 0 bridgehead atoms. The van der Waals surface area contributed by atoms with E-state index >= 15 is 0 Å². The van der Waals surface area contributed by atoms with E-state index in [2.05, 4.69) is 11.0 Å². The predicted molar refractivity (Wildman–Crippen MR) is 78.7 cm³/mol. The van der Waals surface area contributed by atoms with Gasteiger partial charge in [-0.2, -0.15) is 0 Å². The molecule has 1 aliphatic carbocycles. The average Bonchev–Trinajstić information content (AvgIpc) is 2.82. The highest BCUT2D eigenvalue weighted by Crippen LogP contribution is 2.40. The van der Waals surface area contributed by atoms with Crippen LogP contribution in [0.1, 0.15) is 37.7 Å². The van der Waals surface area contributed by atoms with Crippen molar-refractivity contribution in [3.8, 4) is 0 Å². The van der Waals surface area contributed by atoms with E-state index in [-0.39, 0.29) is 0 Å². The highest BCUT2D eigenvalue weighted by molar-refractivity contribution is 6.30. The minimum atomic E-state index is 0.545. The summed E-state index contributed by atoms with van der Waals surface area (Å²) in [5, 5.41) is 0.786. The standard InChI is InChI=1S/C15H19Cl2N/c16-10-12-9-13(17)5-6-15(12)18-8-7-11-3-1-2-4-14(11)18/h5-6,9,11,14H,1-4,7-8,10H2. The molecule has 2 aliphatic rings. The number of nitrogens with zero attached hydrogens (tertiary/aromatic N) is 1. The van der Waals surface area contributed by atoms with Crippen molar-refractivity contribution in [2.24, 2.45) is 5.92 Å². The maximum atomic E-state index is 6.07. The molecule has 0 aromatic heterocycles. The van der Waals surface area contributed by atoms with Gasteiger partial charge in [0.1, 0.15) is 0 Å². The molecule has 1 aliphatic heterocycles. The summed E-state index contributed by atoms with van der Waals surface area (Å²) in [7, 11) is 0. The molecule has 1 saturated carbocycles. The normalized spacial score (nSPS) is 27.3. The van der Waals surface area contributed by atoms with Crippen LogP contribution in [0.25, 0.3) is 0 Å². The van der Waals surface area contributed by atoms with Gasteiger partial charge in [0.15, 0.2) is 0 Å². The molecule has 1 nitrogen and oxygen atoms in total. The summed E-state index contributed by atoms with van der Waals surface area (Å²) in [6, 6.07) is 6.89. The topological polar surface area (TPSA) is 3.24 Å². The van der Waals surface area contributed by atoms with Crippen LogP contribution in [0.15, 0.2) is 18.2 Å². The van der Waals surface area contributed by atoms with E-state index in [1.807, 2.05) is 12.1 Å². The Labute approximate surface area is 119 Å². The smallest absolute Gasteiger partial charge is 0.0495 e. The molecule has 0 radical (unpaired) electrons. The molecule has 2 fully saturated rings. The van der Waals surface area contributed by atoms with Gasteiger partial charge in [0.05, 0.1) is 0 Å². The van der Waals surface area contributed by atoms with E-state index in [1.165, 1.54) is 49.9 Å². The van der Waals surface area contributed by atoms with Crippen LogP contribution < -0.4 is 4.90 Å². The van der Waals surface area contributed by atoms with E-state index in [0.717, 1.165) is 17.0 Å². The molecular formula is C15H19Cl2N. The van der Waals surface area contributed by atoms with Gasteiger partial charge < -0.3 is 4.90 Å². The van der Waals surface area contributed by atoms with Gasteiger partial charge in [-0.25, -0.2) is 0 Å². The highest BCUT2D eigenvalue weighted by atomic mass is 35.5. The third kappa shape index (κ3) is 2.23. The third-order valence-corrected chi connectivity index (χ3v) is 5.03. The van der Waals surface area contributed by atoms with Gasteiger partial charge in [0.2, 0.25) is 0 Å². The first-order valence-corrected chi connectivity index (χ1v) is 7.82. The Bertz CT molecular complexity index is 433. The summed E-state index contributed by atoms with van der Waals surface area (Å²) >= 11 is 12.1. The van der Waals surface area contributed by atoms with Crippen LogP contribution >= 0.6 is 23.2 Å². The van der Waals surface area contributed by atoms with Crippen LogP contribution in [0.2, 0.25) is 5.02 Å². The lowest BCUT2D eigenvalue weighted by Gasteiger charge is -2.34. The lowest BCUT2D eigenvalue weighted by molar-refractivity contribution is 0.342. The van der Waals surface area contributed by atoms with Crippen LogP contribution in [0.4, 0.5) is 5.69 Å². The zero-order valence-electron chi connectivity index (χ0n) is 10.5. The quantitative estimate of drug-likeness (QED) is 0.702. The predicted octanol–water partition coefficient (Wildman–Crippen LogP) is 4.85. The van der Waals surface area contributed by atoms with Crippen molar-refractivity contribution in [1.82, 2.24) is 0 Å². The number of hydrogen-bond donors (Lipinski definition) is 0. The summed E-state index contributed by atoms with van der Waals surface area (Å²) in [5.41, 5.74) is 2.49. The molecule has 3 rings (SSSR count). The molecule has 2 unspecified atom stereocenters. The number of halogens is 2. The van der Waals surface area contributed by atoms with Gasteiger partial charge in [-0.05, 0) is 48.9 Å². The maximum absolute atomic E-state index is 6.07. The molecule has 0 N–H and O–H groups in total. The largest absolute Gasteiger partial charge is 0.368 e. The Hall–Kier alpha value is -0.400. The SMILES string of the molecule is ClCc1cc(Cl)ccc1N1CCC2CCCCC21. The second-order valence-electron chi connectivity index (χ2n) is 5.50. The highest BCUT2D eigenvalue weighted by Gasteiger charge is 2.36.